The molecule has 154 valence electrons. The molecule has 1 saturated carbocycles. The predicted octanol–water partition coefficient (Wildman–Crippen LogP) is 1.75. The summed E-state index contributed by atoms with van der Waals surface area (Å²) in [5, 5.41) is 0. The van der Waals surface area contributed by atoms with Crippen LogP contribution in [0.3, 0.4) is 0 Å². The topological polar surface area (TPSA) is 93.2 Å². The van der Waals surface area contributed by atoms with Gasteiger partial charge in [0.2, 0.25) is 5.82 Å². The summed E-state index contributed by atoms with van der Waals surface area (Å²) >= 11 is 0. The molecule has 0 radical (unpaired) electrons. The molecule has 5 rings (SSSR count). The van der Waals surface area contributed by atoms with Crippen molar-refractivity contribution in [3.8, 4) is 0 Å². The largest absolute Gasteiger partial charge is 0.355 e. The Hall–Kier alpha value is -2.48. The van der Waals surface area contributed by atoms with Gasteiger partial charge in [-0.25, -0.2) is 15.0 Å². The fourth-order valence-corrected chi connectivity index (χ4v) is 4.62. The molecule has 29 heavy (non-hydrogen) atoms. The second-order valence-electron chi connectivity index (χ2n) is 8.68. The number of carbonyl (C=O) groups excluding carboxylic acids is 1. The van der Waals surface area contributed by atoms with Crippen molar-refractivity contribution in [2.45, 2.75) is 64.6 Å². The first-order chi connectivity index (χ1) is 14.0. The van der Waals surface area contributed by atoms with Gasteiger partial charge in [-0.15, -0.1) is 0 Å². The smallest absolute Gasteiger partial charge is 0.292 e. The second kappa shape index (κ2) is 7.09. The molecular formula is C21H29N7O. The van der Waals surface area contributed by atoms with Crippen molar-refractivity contribution in [1.29, 1.82) is 0 Å². The lowest BCUT2D eigenvalue weighted by Crippen LogP contribution is -2.38. The fourth-order valence-electron chi connectivity index (χ4n) is 4.62. The molecule has 2 fully saturated rings. The number of nitrogens with zero attached hydrogens (tertiary/aromatic N) is 6. The highest BCUT2D eigenvalue weighted by molar-refractivity contribution is 5.91. The number of carbonyl (C=O) groups is 1. The molecule has 8 nitrogen and oxygen atoms in total. The summed E-state index contributed by atoms with van der Waals surface area (Å²) < 4.78 is 2.34. The number of aryl methyl sites for hydroxylation is 1. The van der Waals surface area contributed by atoms with Gasteiger partial charge in [-0.05, 0) is 39.5 Å². The number of hydrogen-bond donors (Lipinski definition) is 1. The first-order valence-electron chi connectivity index (χ1n) is 10.7. The number of aromatic nitrogens is 4. The molecule has 0 spiro atoms. The fraction of sp³-hybridized carbons (Fsp3) is 0.619. The molecule has 0 bridgehead atoms. The van der Waals surface area contributed by atoms with Crippen molar-refractivity contribution < 1.29 is 4.79 Å². The van der Waals surface area contributed by atoms with Gasteiger partial charge < -0.3 is 20.1 Å². The van der Waals surface area contributed by atoms with Gasteiger partial charge in [0.15, 0.2) is 0 Å². The second-order valence-corrected chi connectivity index (χ2v) is 8.68. The van der Waals surface area contributed by atoms with E-state index < -0.39 is 0 Å². The number of hydrogen-bond acceptors (Lipinski definition) is 6. The zero-order valence-corrected chi connectivity index (χ0v) is 17.3. The van der Waals surface area contributed by atoms with Crippen LogP contribution < -0.4 is 10.6 Å². The monoisotopic (exact) mass is 395 g/mol. The minimum atomic E-state index is -0.110. The molecule has 0 unspecified atom stereocenters. The quantitative estimate of drug-likeness (QED) is 0.851. The van der Waals surface area contributed by atoms with Crippen LogP contribution in [0.1, 0.15) is 65.0 Å². The van der Waals surface area contributed by atoms with E-state index in [-0.39, 0.29) is 17.8 Å². The van der Waals surface area contributed by atoms with E-state index in [9.17, 15) is 4.79 Å². The van der Waals surface area contributed by atoms with Crippen molar-refractivity contribution in [3.05, 3.63) is 34.8 Å². The molecular weight excluding hydrogens is 366 g/mol. The molecule has 0 aromatic carbocycles. The Balaban J connectivity index is 1.38. The lowest BCUT2D eigenvalue weighted by molar-refractivity contribution is 0.0717. The molecule has 4 heterocycles. The van der Waals surface area contributed by atoms with Crippen LogP contribution in [0.4, 0.5) is 5.82 Å². The van der Waals surface area contributed by atoms with Gasteiger partial charge in [0, 0.05) is 55.1 Å². The molecule has 2 aromatic rings. The highest BCUT2D eigenvalue weighted by atomic mass is 16.2. The van der Waals surface area contributed by atoms with E-state index in [1.807, 2.05) is 25.1 Å². The molecule has 8 heteroatoms. The minimum absolute atomic E-state index is 0.110. The lowest BCUT2D eigenvalue weighted by atomic mass is 9.92. The summed E-state index contributed by atoms with van der Waals surface area (Å²) in [6.45, 7) is 6.83. The van der Waals surface area contributed by atoms with Crippen LogP contribution in [-0.2, 0) is 13.0 Å². The summed E-state index contributed by atoms with van der Waals surface area (Å²) in [6, 6.07) is 0.765. The minimum Gasteiger partial charge on any atom is -0.355 e. The van der Waals surface area contributed by atoms with Crippen molar-refractivity contribution in [2.75, 3.05) is 24.5 Å². The molecule has 1 atom stereocenters. The van der Waals surface area contributed by atoms with Crippen LogP contribution in [0.25, 0.3) is 0 Å². The van der Waals surface area contributed by atoms with Crippen molar-refractivity contribution in [1.82, 2.24) is 24.4 Å². The first kappa shape index (κ1) is 18.5. The number of nitrogens with two attached hydrogens (primary N) is 1. The SMILES string of the molecule is Cc1nc(C(=O)N2CCc3c(ncn3C3CCC3)C2)nc(N2CC[C@@H](N)C2)c1C. The van der Waals surface area contributed by atoms with Crippen LogP contribution in [0.15, 0.2) is 6.33 Å². The Bertz CT molecular complexity index is 949. The van der Waals surface area contributed by atoms with Crippen LogP contribution in [0.2, 0.25) is 0 Å². The number of imidazole rings is 1. The molecule has 1 saturated heterocycles. The Morgan fingerprint density at radius 3 is 2.69 bits per heavy atom. The average Bonchev–Trinajstić information content (AvgIpc) is 3.28. The maximum absolute atomic E-state index is 13.2. The Labute approximate surface area is 171 Å². The Morgan fingerprint density at radius 2 is 2.00 bits per heavy atom. The van der Waals surface area contributed by atoms with Crippen molar-refractivity contribution in [3.63, 3.8) is 0 Å². The van der Waals surface area contributed by atoms with Crippen LogP contribution in [0.5, 0.6) is 0 Å². The molecule has 2 aliphatic heterocycles. The first-order valence-corrected chi connectivity index (χ1v) is 10.7. The lowest BCUT2D eigenvalue weighted by Gasteiger charge is -2.32. The summed E-state index contributed by atoms with van der Waals surface area (Å²) in [5.41, 5.74) is 10.3. The van der Waals surface area contributed by atoms with Gasteiger partial charge in [0.05, 0.1) is 18.6 Å². The van der Waals surface area contributed by atoms with Crippen LogP contribution >= 0.6 is 0 Å². The third-order valence-electron chi connectivity index (χ3n) is 6.78. The van der Waals surface area contributed by atoms with Gasteiger partial charge in [-0.2, -0.15) is 0 Å². The highest BCUT2D eigenvalue weighted by Gasteiger charge is 2.31. The molecule has 1 aliphatic carbocycles. The van der Waals surface area contributed by atoms with E-state index in [2.05, 4.69) is 24.4 Å². The van der Waals surface area contributed by atoms with E-state index >= 15 is 0 Å². The summed E-state index contributed by atoms with van der Waals surface area (Å²) in [5.74, 6) is 1.02. The maximum atomic E-state index is 13.2. The Kier molecular flexibility index (Phi) is 4.53. The maximum Gasteiger partial charge on any atom is 0.292 e. The molecule has 3 aliphatic rings. The van der Waals surface area contributed by atoms with Gasteiger partial charge >= 0.3 is 0 Å². The molecule has 2 aromatic heterocycles. The summed E-state index contributed by atoms with van der Waals surface area (Å²) in [4.78, 5) is 31.1. The standard InChI is InChI=1S/C21H29N7O/c1-13-14(2)24-19(25-20(13)26-8-6-15(22)10-26)21(29)27-9-7-18-17(11-27)23-12-28(18)16-4-3-5-16/h12,15-16H,3-11,22H2,1-2H3/t15-/m1/s1. The van der Waals surface area contributed by atoms with Crippen LogP contribution in [0, 0.1) is 13.8 Å². The van der Waals surface area contributed by atoms with E-state index in [1.165, 1.54) is 25.0 Å². The zero-order chi connectivity index (χ0) is 20.1. The summed E-state index contributed by atoms with van der Waals surface area (Å²) in [6.07, 6.45) is 7.54. The van der Waals surface area contributed by atoms with Crippen molar-refractivity contribution in [2.24, 2.45) is 5.73 Å². The third kappa shape index (κ3) is 3.19. The van der Waals surface area contributed by atoms with Gasteiger partial charge in [0.1, 0.15) is 5.82 Å². The highest BCUT2D eigenvalue weighted by Crippen LogP contribution is 2.34. The van der Waals surface area contributed by atoms with Gasteiger partial charge in [-0.3, -0.25) is 4.79 Å². The average molecular weight is 396 g/mol. The zero-order valence-electron chi connectivity index (χ0n) is 17.3. The summed E-state index contributed by atoms with van der Waals surface area (Å²) in [7, 11) is 0. The van der Waals surface area contributed by atoms with E-state index in [4.69, 9.17) is 5.73 Å². The number of amides is 1. The number of rotatable bonds is 3. The molecule has 1 amide bonds. The van der Waals surface area contributed by atoms with E-state index in [0.29, 0.717) is 19.1 Å². The van der Waals surface area contributed by atoms with Crippen LogP contribution in [-0.4, -0.2) is 56.0 Å². The van der Waals surface area contributed by atoms with Crippen molar-refractivity contribution >= 4 is 11.7 Å². The third-order valence-corrected chi connectivity index (χ3v) is 6.78. The van der Waals surface area contributed by atoms with Gasteiger partial charge in [-0.1, -0.05) is 0 Å². The Morgan fingerprint density at radius 1 is 1.17 bits per heavy atom. The van der Waals surface area contributed by atoms with Gasteiger partial charge in [0.25, 0.3) is 5.91 Å². The number of fused-ring (bicyclic) bond motifs is 1. The normalized spacial score (nSPS) is 22.0. The number of anilines is 1. The predicted molar refractivity (Wildman–Crippen MR) is 110 cm³/mol. The van der Waals surface area contributed by atoms with E-state index in [0.717, 1.165) is 48.7 Å². The van der Waals surface area contributed by atoms with E-state index in [1.54, 1.807) is 0 Å². The molecule has 2 N–H and O–H groups in total.